The van der Waals surface area contributed by atoms with Gasteiger partial charge in [0.2, 0.25) is 0 Å². The van der Waals surface area contributed by atoms with E-state index >= 15 is 0 Å². The first-order valence-corrected chi connectivity index (χ1v) is 7.19. The predicted molar refractivity (Wildman–Crippen MR) is 72.1 cm³/mol. The van der Waals surface area contributed by atoms with Crippen LogP contribution in [-0.4, -0.2) is 11.3 Å². The van der Waals surface area contributed by atoms with E-state index in [1.54, 1.807) is 0 Å². The van der Waals surface area contributed by atoms with Gasteiger partial charge in [0.05, 0.1) is 0 Å². The van der Waals surface area contributed by atoms with Crippen LogP contribution in [0.4, 0.5) is 0 Å². The largest absolute Gasteiger partial charge is 0.125 e. The first-order valence-electron chi connectivity index (χ1n) is 6.22. The van der Waals surface area contributed by atoms with Crippen LogP contribution in [0.5, 0.6) is 0 Å². The summed E-state index contributed by atoms with van der Waals surface area (Å²) in [4.78, 5) is 0. The molecule has 0 radical (unpaired) electrons. The van der Waals surface area contributed by atoms with E-state index in [1.807, 2.05) is 0 Å². The number of hydrogen-bond donors (Lipinski definition) is 0. The van der Waals surface area contributed by atoms with Crippen LogP contribution in [0.25, 0.3) is 0 Å². The molecule has 1 unspecified atom stereocenters. The van der Waals surface area contributed by atoms with Crippen molar-refractivity contribution in [2.45, 2.75) is 71.1 Å². The smallest absolute Gasteiger partial charge is 0.0471 e. The van der Waals surface area contributed by atoms with E-state index in [2.05, 4.69) is 20.8 Å². The molecule has 0 heterocycles. The summed E-state index contributed by atoms with van der Waals surface area (Å²) in [5.41, 5.74) is 0.484. The molecule has 2 heteroatoms. The molecule has 0 saturated heterocycles. The minimum atomic E-state index is 0.165. The number of alkyl halides is 2. The van der Waals surface area contributed by atoms with Gasteiger partial charge in [-0.3, -0.25) is 0 Å². The molecule has 0 nitrogen and oxygen atoms in total. The second kappa shape index (κ2) is 8.70. The lowest BCUT2D eigenvalue weighted by Crippen LogP contribution is -2.12. The highest BCUT2D eigenvalue weighted by atomic mass is 35.5. The summed E-state index contributed by atoms with van der Waals surface area (Å²) in [5.74, 6) is 0.581. The predicted octanol–water partition coefficient (Wildman–Crippen LogP) is 5.61. The Labute approximate surface area is 106 Å². The van der Waals surface area contributed by atoms with E-state index in [1.165, 1.54) is 38.5 Å². The fourth-order valence-corrected chi connectivity index (χ4v) is 2.17. The van der Waals surface area contributed by atoms with Gasteiger partial charge in [-0.2, -0.15) is 0 Å². The van der Waals surface area contributed by atoms with E-state index in [-0.39, 0.29) is 5.38 Å². The highest BCUT2D eigenvalue weighted by molar-refractivity contribution is 6.28. The zero-order chi connectivity index (χ0) is 11.7. The Morgan fingerprint density at radius 3 is 2.20 bits per heavy atom. The van der Waals surface area contributed by atoms with E-state index in [9.17, 15) is 0 Å². The second-order valence-corrected chi connectivity index (χ2v) is 6.19. The van der Waals surface area contributed by atoms with Crippen LogP contribution in [0.1, 0.15) is 65.7 Å². The molecule has 15 heavy (non-hydrogen) atoms. The van der Waals surface area contributed by atoms with Gasteiger partial charge in [0.15, 0.2) is 0 Å². The van der Waals surface area contributed by atoms with Crippen molar-refractivity contribution in [2.75, 3.05) is 5.88 Å². The van der Waals surface area contributed by atoms with Gasteiger partial charge in [-0.05, 0) is 24.7 Å². The molecule has 92 valence electrons. The van der Waals surface area contributed by atoms with Crippen molar-refractivity contribution in [3.63, 3.8) is 0 Å². The minimum absolute atomic E-state index is 0.165. The van der Waals surface area contributed by atoms with E-state index in [0.29, 0.717) is 11.3 Å². The average Bonchev–Trinajstić information content (AvgIpc) is 2.17. The normalized spacial score (nSPS) is 14.2. The fraction of sp³-hybridized carbons (Fsp3) is 1.00. The minimum Gasteiger partial charge on any atom is -0.125 e. The molecule has 0 aromatic rings. The van der Waals surface area contributed by atoms with Crippen LogP contribution in [0.2, 0.25) is 0 Å². The Morgan fingerprint density at radius 2 is 1.67 bits per heavy atom. The summed E-state index contributed by atoms with van der Waals surface area (Å²) in [7, 11) is 0. The third-order valence-corrected chi connectivity index (χ3v) is 3.90. The van der Waals surface area contributed by atoms with Gasteiger partial charge >= 0.3 is 0 Å². The molecule has 0 rings (SSSR count). The van der Waals surface area contributed by atoms with E-state index in [4.69, 9.17) is 23.2 Å². The van der Waals surface area contributed by atoms with Crippen LogP contribution in [0.15, 0.2) is 0 Å². The number of rotatable bonds is 9. The fourth-order valence-electron chi connectivity index (χ4n) is 1.86. The average molecular weight is 253 g/mol. The van der Waals surface area contributed by atoms with Gasteiger partial charge < -0.3 is 0 Å². The summed E-state index contributed by atoms with van der Waals surface area (Å²) in [6.45, 7) is 6.99. The molecule has 1 atom stereocenters. The van der Waals surface area contributed by atoms with Crippen molar-refractivity contribution in [1.82, 2.24) is 0 Å². The molecule has 0 aliphatic heterocycles. The third-order valence-electron chi connectivity index (χ3n) is 3.00. The lowest BCUT2D eigenvalue weighted by molar-refractivity contribution is 0.285. The van der Waals surface area contributed by atoms with E-state index in [0.717, 1.165) is 6.42 Å². The maximum absolute atomic E-state index is 5.99. The molecule has 0 N–H and O–H groups in total. The summed E-state index contributed by atoms with van der Waals surface area (Å²) in [6, 6.07) is 0. The summed E-state index contributed by atoms with van der Waals surface area (Å²) in [6.07, 6.45) is 8.92. The van der Waals surface area contributed by atoms with Crippen LogP contribution < -0.4 is 0 Å². The van der Waals surface area contributed by atoms with Crippen molar-refractivity contribution in [2.24, 2.45) is 5.41 Å². The second-order valence-electron chi connectivity index (χ2n) is 5.27. The van der Waals surface area contributed by atoms with Crippen molar-refractivity contribution in [1.29, 1.82) is 0 Å². The summed E-state index contributed by atoms with van der Waals surface area (Å²) < 4.78 is 0. The van der Waals surface area contributed by atoms with Gasteiger partial charge in [0.25, 0.3) is 0 Å². The van der Waals surface area contributed by atoms with Gasteiger partial charge in [-0.1, -0.05) is 46.5 Å². The number of unbranched alkanes of at least 4 members (excludes halogenated alkanes) is 2. The molecule has 0 aliphatic rings. The lowest BCUT2D eigenvalue weighted by atomic mass is 9.82. The molecule has 0 spiro atoms. The number of halogens is 2. The zero-order valence-corrected chi connectivity index (χ0v) is 12.0. The Bertz CT molecular complexity index is 143. The van der Waals surface area contributed by atoms with Crippen molar-refractivity contribution in [3.05, 3.63) is 0 Å². The number of hydrogen-bond acceptors (Lipinski definition) is 0. The monoisotopic (exact) mass is 252 g/mol. The molecule has 0 aliphatic carbocycles. The van der Waals surface area contributed by atoms with Gasteiger partial charge in [0.1, 0.15) is 0 Å². The summed E-state index contributed by atoms with van der Waals surface area (Å²) >= 11 is 11.7. The zero-order valence-electron chi connectivity index (χ0n) is 10.5. The van der Waals surface area contributed by atoms with Gasteiger partial charge in [0, 0.05) is 11.3 Å². The van der Waals surface area contributed by atoms with Crippen LogP contribution in [-0.2, 0) is 0 Å². The Morgan fingerprint density at radius 1 is 1.07 bits per heavy atom. The van der Waals surface area contributed by atoms with Gasteiger partial charge in [-0.15, -0.1) is 23.2 Å². The van der Waals surface area contributed by atoms with Crippen LogP contribution in [0.3, 0.4) is 0 Å². The van der Waals surface area contributed by atoms with E-state index < -0.39 is 0 Å². The molecule has 0 fully saturated rings. The Kier molecular flexibility index (Phi) is 9.04. The highest BCUT2D eigenvalue weighted by Gasteiger charge is 2.17. The van der Waals surface area contributed by atoms with Crippen LogP contribution >= 0.6 is 23.2 Å². The molecule has 0 amide bonds. The Hall–Kier alpha value is 0.580. The molecule has 0 saturated carbocycles. The van der Waals surface area contributed by atoms with Crippen molar-refractivity contribution >= 4 is 23.2 Å². The third kappa shape index (κ3) is 9.51. The molecular weight excluding hydrogens is 227 g/mol. The molecule has 0 aromatic heterocycles. The van der Waals surface area contributed by atoms with Crippen molar-refractivity contribution in [3.8, 4) is 0 Å². The van der Waals surface area contributed by atoms with Gasteiger partial charge in [-0.25, -0.2) is 0 Å². The van der Waals surface area contributed by atoms with Crippen molar-refractivity contribution < 1.29 is 0 Å². The maximum Gasteiger partial charge on any atom is 0.0471 e. The first kappa shape index (κ1) is 15.6. The quantitative estimate of drug-likeness (QED) is 0.370. The molecule has 0 bridgehead atoms. The Balaban J connectivity index is 3.54. The molecular formula is C13H26Cl2. The van der Waals surface area contributed by atoms with Crippen LogP contribution in [0, 0.1) is 5.41 Å². The summed E-state index contributed by atoms with van der Waals surface area (Å²) in [5, 5.41) is 0.165. The highest BCUT2D eigenvalue weighted by Crippen LogP contribution is 2.30. The topological polar surface area (TPSA) is 0 Å². The maximum atomic E-state index is 5.99. The lowest BCUT2D eigenvalue weighted by Gasteiger charge is -2.24. The SMILES string of the molecule is CCCCCC(C)(C)CCCC(Cl)CCl. The standard InChI is InChI=1S/C13H26Cl2/c1-4-5-6-9-13(2,3)10-7-8-12(15)11-14/h12H,4-11H2,1-3H3. The first-order chi connectivity index (χ1) is 7.02. The molecule has 0 aromatic carbocycles.